The molecule has 4 bridgehead atoms. The Labute approximate surface area is 283 Å². The van der Waals surface area contributed by atoms with Crippen molar-refractivity contribution in [3.05, 3.63) is 78.4 Å². The molecule has 1 heterocycles. The van der Waals surface area contributed by atoms with Gasteiger partial charge in [-0.05, 0) is 67.5 Å². The van der Waals surface area contributed by atoms with E-state index in [9.17, 15) is 27.6 Å². The van der Waals surface area contributed by atoms with E-state index in [0.29, 0.717) is 24.3 Å². The molecule has 3 saturated carbocycles. The van der Waals surface area contributed by atoms with Gasteiger partial charge in [-0.25, -0.2) is 8.42 Å². The minimum atomic E-state index is -3.86. The highest BCUT2D eigenvalue weighted by molar-refractivity contribution is 7.91. The monoisotopic (exact) mass is 687 g/mol. The van der Waals surface area contributed by atoms with Crippen molar-refractivity contribution in [2.75, 3.05) is 19.7 Å². The number of nitrogens with zero attached hydrogens (tertiary/aromatic N) is 1. The molecular weight excluding hydrogens is 650 g/mol. The van der Waals surface area contributed by atoms with Gasteiger partial charge in [0.1, 0.15) is 29.7 Å². The van der Waals surface area contributed by atoms with Gasteiger partial charge in [-0.3, -0.25) is 23.9 Å². The first-order valence-electron chi connectivity index (χ1n) is 16.4. The van der Waals surface area contributed by atoms with Crippen LogP contribution in [0, 0.1) is 17.8 Å². The SMILES string of the molecule is C=C[C@H]1C[C@]1(NC(=O)[C@@H]1C[C@@H]2C[C@H]1C(=O)NCC(=O)NC/C=C/COc1ccc3c(c1)/C(=N/O2)c1ccccc1-3)C(=O)NS(=O)(=O)C1CC1. The molecule has 13 nitrogen and oxygen atoms in total. The third-order valence-electron chi connectivity index (χ3n) is 9.81. The first-order chi connectivity index (χ1) is 23.6. The molecule has 2 aromatic carbocycles. The number of carbonyl (C=O) groups excluding carboxylic acids is 4. The summed E-state index contributed by atoms with van der Waals surface area (Å²) in [6.45, 7) is 3.94. The van der Waals surface area contributed by atoms with Crippen molar-refractivity contribution in [1.29, 1.82) is 0 Å². The molecule has 1 aliphatic heterocycles. The summed E-state index contributed by atoms with van der Waals surface area (Å²) in [5, 5.41) is 12.1. The third kappa shape index (κ3) is 6.44. The van der Waals surface area contributed by atoms with Gasteiger partial charge in [0.15, 0.2) is 0 Å². The van der Waals surface area contributed by atoms with Crippen LogP contribution >= 0.6 is 0 Å². The molecule has 4 amide bonds. The second-order valence-corrected chi connectivity index (χ2v) is 15.1. The Balaban J connectivity index is 1.16. The highest BCUT2D eigenvalue weighted by atomic mass is 32.2. The van der Waals surface area contributed by atoms with Gasteiger partial charge in [0.2, 0.25) is 27.7 Å². The van der Waals surface area contributed by atoms with E-state index in [0.717, 1.165) is 22.3 Å². The standard InChI is InChI=1S/C35H37N5O8S/c1-2-20-18-35(20,34(44)40-49(45,46)23-10-11-23)38-33(43)29-17-22-16-28(29)32(42)37-19-30(41)36-13-5-6-14-47-21-9-12-25-24-7-3-4-8-26(24)31(39-48-22)27(25)15-21/h2-9,12,15,20,22-23,28-29H,1,10-11,13-14,16-19H2,(H,36,41)(H,37,42)(H,38,43)(H,40,44)/b6-5+,39-31+/t20-,22-,28+,29+,35+/m0/s1. The largest absolute Gasteiger partial charge is 0.490 e. The predicted molar refractivity (Wildman–Crippen MR) is 179 cm³/mol. The van der Waals surface area contributed by atoms with Crippen LogP contribution in [0.5, 0.6) is 5.75 Å². The van der Waals surface area contributed by atoms with Crippen molar-refractivity contribution in [2.24, 2.45) is 22.9 Å². The molecule has 0 spiro atoms. The van der Waals surface area contributed by atoms with E-state index in [1.54, 1.807) is 12.2 Å². The Bertz CT molecular complexity index is 1900. The molecule has 4 aliphatic carbocycles. The lowest BCUT2D eigenvalue weighted by Gasteiger charge is -2.23. The molecule has 14 heteroatoms. The van der Waals surface area contributed by atoms with Crippen molar-refractivity contribution in [2.45, 2.75) is 49.0 Å². The summed E-state index contributed by atoms with van der Waals surface area (Å²) in [5.41, 5.74) is 2.71. The molecule has 0 radical (unpaired) electrons. The maximum Gasteiger partial charge on any atom is 0.259 e. The number of benzene rings is 2. The summed E-state index contributed by atoms with van der Waals surface area (Å²) in [4.78, 5) is 59.3. The Morgan fingerprint density at radius 2 is 1.78 bits per heavy atom. The first-order valence-corrected chi connectivity index (χ1v) is 17.9. The molecule has 4 N–H and O–H groups in total. The number of rotatable bonds is 6. The van der Waals surface area contributed by atoms with Gasteiger partial charge in [-0.2, -0.15) is 0 Å². The summed E-state index contributed by atoms with van der Waals surface area (Å²) >= 11 is 0. The number of amides is 4. The molecule has 5 aliphatic rings. The highest BCUT2D eigenvalue weighted by Crippen LogP contribution is 2.46. The van der Waals surface area contributed by atoms with Crippen LogP contribution in [-0.2, 0) is 34.0 Å². The van der Waals surface area contributed by atoms with E-state index in [2.05, 4.69) is 32.4 Å². The molecular formula is C35H37N5O8S. The van der Waals surface area contributed by atoms with E-state index < -0.39 is 68.3 Å². The van der Waals surface area contributed by atoms with E-state index in [-0.39, 0.29) is 39.0 Å². The fourth-order valence-corrected chi connectivity index (χ4v) is 8.22. The van der Waals surface area contributed by atoms with Gasteiger partial charge in [-0.1, -0.05) is 41.6 Å². The molecule has 0 aromatic heterocycles. The number of nitrogens with one attached hydrogen (secondary N) is 4. The van der Waals surface area contributed by atoms with Crippen molar-refractivity contribution in [3.8, 4) is 16.9 Å². The van der Waals surface area contributed by atoms with Gasteiger partial charge in [0, 0.05) is 23.6 Å². The Hall–Kier alpha value is -4.98. The molecule has 3 fully saturated rings. The zero-order valence-electron chi connectivity index (χ0n) is 26.6. The van der Waals surface area contributed by atoms with Crippen molar-refractivity contribution in [1.82, 2.24) is 20.7 Å². The summed E-state index contributed by atoms with van der Waals surface area (Å²) in [5.74, 6) is -4.10. The smallest absolute Gasteiger partial charge is 0.259 e. The maximum atomic E-state index is 13.9. The normalized spacial score (nSPS) is 29.4. The van der Waals surface area contributed by atoms with E-state index >= 15 is 0 Å². The number of hydrogen-bond acceptors (Lipinski definition) is 9. The molecule has 49 heavy (non-hydrogen) atoms. The molecule has 7 rings (SSSR count). The number of fused-ring (bicyclic) bond motifs is 6. The molecule has 256 valence electrons. The second-order valence-electron chi connectivity index (χ2n) is 13.1. The van der Waals surface area contributed by atoms with Crippen LogP contribution in [0.15, 0.2) is 72.4 Å². The van der Waals surface area contributed by atoms with Crippen LogP contribution in [0.25, 0.3) is 11.1 Å². The number of ether oxygens (including phenoxy) is 1. The minimum absolute atomic E-state index is 0.0895. The second kappa shape index (κ2) is 12.8. The lowest BCUT2D eigenvalue weighted by atomic mass is 9.93. The van der Waals surface area contributed by atoms with Crippen molar-refractivity contribution in [3.63, 3.8) is 0 Å². The van der Waals surface area contributed by atoms with Crippen LogP contribution in [0.4, 0.5) is 0 Å². The van der Waals surface area contributed by atoms with Gasteiger partial charge >= 0.3 is 0 Å². The Kier molecular flexibility index (Phi) is 8.51. The summed E-state index contributed by atoms with van der Waals surface area (Å²) in [7, 11) is -3.86. The number of carbonyl (C=O) groups is 4. The third-order valence-corrected chi connectivity index (χ3v) is 11.6. The van der Waals surface area contributed by atoms with Gasteiger partial charge in [0.05, 0.1) is 23.6 Å². The maximum absolute atomic E-state index is 13.9. The quantitative estimate of drug-likeness (QED) is 0.283. The number of oxime groups is 1. The molecule has 5 atom stereocenters. The van der Waals surface area contributed by atoms with Gasteiger partial charge in [-0.15, -0.1) is 6.58 Å². The topological polar surface area (TPSA) is 181 Å². The van der Waals surface area contributed by atoms with E-state index in [4.69, 9.17) is 9.57 Å². The van der Waals surface area contributed by atoms with Crippen LogP contribution < -0.4 is 25.4 Å². The predicted octanol–water partition coefficient (Wildman–Crippen LogP) is 1.68. The average molecular weight is 688 g/mol. The van der Waals surface area contributed by atoms with Gasteiger partial charge in [0.25, 0.3) is 5.91 Å². The lowest BCUT2D eigenvalue weighted by molar-refractivity contribution is -0.136. The van der Waals surface area contributed by atoms with E-state index in [1.807, 2.05) is 42.5 Å². The Morgan fingerprint density at radius 3 is 2.53 bits per heavy atom. The number of hydrogen-bond donors (Lipinski definition) is 4. The molecule has 2 aromatic rings. The first kappa shape index (κ1) is 32.6. The molecule has 0 saturated heterocycles. The van der Waals surface area contributed by atoms with E-state index in [1.165, 1.54) is 6.08 Å². The fourth-order valence-electron chi connectivity index (χ4n) is 6.85. The highest BCUT2D eigenvalue weighted by Gasteiger charge is 2.62. The molecule has 0 unspecified atom stereocenters. The van der Waals surface area contributed by atoms with Crippen molar-refractivity contribution < 1.29 is 37.2 Å². The average Bonchev–Trinajstić information content (AvgIpc) is 4.00. The van der Waals surface area contributed by atoms with Crippen LogP contribution in [0.2, 0.25) is 0 Å². The van der Waals surface area contributed by atoms with Gasteiger partial charge < -0.3 is 25.5 Å². The summed E-state index contributed by atoms with van der Waals surface area (Å²) in [6, 6.07) is 13.5. The fraction of sp³-hybridized carbons (Fsp3) is 0.400. The van der Waals surface area contributed by atoms with Crippen LogP contribution in [0.3, 0.4) is 0 Å². The van der Waals surface area contributed by atoms with Crippen LogP contribution in [0.1, 0.15) is 43.2 Å². The summed E-state index contributed by atoms with van der Waals surface area (Å²) < 4.78 is 33.2. The lowest BCUT2D eigenvalue weighted by Crippen LogP contribution is -2.54. The zero-order chi connectivity index (χ0) is 34.3. The van der Waals surface area contributed by atoms with Crippen molar-refractivity contribution >= 4 is 39.4 Å². The minimum Gasteiger partial charge on any atom is -0.490 e. The summed E-state index contributed by atoms with van der Waals surface area (Å²) in [6.07, 6.45) is 5.68. The Morgan fingerprint density at radius 1 is 1.00 bits per heavy atom. The number of sulfonamides is 1. The zero-order valence-corrected chi connectivity index (χ0v) is 27.5. The van der Waals surface area contributed by atoms with Crippen LogP contribution in [-0.4, -0.2) is 74.3 Å².